The van der Waals surface area contributed by atoms with Gasteiger partial charge in [-0.1, -0.05) is 11.6 Å². The Labute approximate surface area is 142 Å². The molecule has 1 atom stereocenters. The normalized spacial score (nSPS) is 17.5. The highest BCUT2D eigenvalue weighted by Crippen LogP contribution is 2.25. The molecule has 0 radical (unpaired) electrons. The van der Waals surface area contributed by atoms with Crippen molar-refractivity contribution in [3.8, 4) is 5.88 Å². The quantitative estimate of drug-likeness (QED) is 0.812. The van der Waals surface area contributed by atoms with Crippen molar-refractivity contribution in [1.29, 1.82) is 0 Å². The fourth-order valence-corrected chi connectivity index (χ4v) is 2.87. The first-order valence-electron chi connectivity index (χ1n) is 6.95. The molecule has 0 bridgehead atoms. The first-order chi connectivity index (χ1) is 10.6. The van der Waals surface area contributed by atoms with E-state index < -0.39 is 0 Å². The number of aromatic nitrogens is 1. The second kappa shape index (κ2) is 6.67. The van der Waals surface area contributed by atoms with Crippen LogP contribution in [0.5, 0.6) is 5.88 Å². The van der Waals surface area contributed by atoms with Gasteiger partial charge in [0, 0.05) is 29.7 Å². The van der Waals surface area contributed by atoms with Crippen LogP contribution in [0.15, 0.2) is 47.1 Å². The van der Waals surface area contributed by atoms with Crippen molar-refractivity contribution >= 4 is 33.4 Å². The third-order valence-electron chi connectivity index (χ3n) is 3.53. The molecule has 4 nitrogen and oxygen atoms in total. The van der Waals surface area contributed by atoms with Crippen molar-refractivity contribution in [2.75, 3.05) is 13.1 Å². The Balaban J connectivity index is 1.63. The van der Waals surface area contributed by atoms with E-state index in [-0.39, 0.29) is 12.0 Å². The van der Waals surface area contributed by atoms with Gasteiger partial charge in [-0.05, 0) is 52.3 Å². The van der Waals surface area contributed by atoms with Crippen molar-refractivity contribution in [2.45, 2.75) is 12.5 Å². The molecule has 1 aromatic carbocycles. The summed E-state index contributed by atoms with van der Waals surface area (Å²) in [5.74, 6) is 0.566. The molecule has 2 aromatic rings. The number of halogens is 2. The lowest BCUT2D eigenvalue weighted by Gasteiger charge is -2.17. The highest BCUT2D eigenvalue weighted by molar-refractivity contribution is 9.10. The minimum atomic E-state index is -0.0394. The fourth-order valence-electron chi connectivity index (χ4n) is 2.40. The molecule has 0 aliphatic carbocycles. The van der Waals surface area contributed by atoms with Gasteiger partial charge in [-0.2, -0.15) is 0 Å². The smallest absolute Gasteiger partial charge is 0.253 e. The first-order valence-corrected chi connectivity index (χ1v) is 8.12. The van der Waals surface area contributed by atoms with E-state index in [1.807, 2.05) is 12.1 Å². The maximum atomic E-state index is 12.4. The van der Waals surface area contributed by atoms with E-state index in [0.29, 0.717) is 29.6 Å². The Morgan fingerprint density at radius 2 is 2.09 bits per heavy atom. The molecular weight excluding hydrogens is 368 g/mol. The van der Waals surface area contributed by atoms with Gasteiger partial charge in [0.1, 0.15) is 6.10 Å². The molecule has 1 saturated heterocycles. The van der Waals surface area contributed by atoms with Crippen LogP contribution in [0.1, 0.15) is 16.8 Å². The minimum Gasteiger partial charge on any atom is -0.472 e. The SMILES string of the molecule is O=C(c1ccc(Cl)cc1)N1CCC(Oc2ncccc2Br)C1. The molecular formula is C16H14BrClN2O2. The predicted molar refractivity (Wildman–Crippen MR) is 88.3 cm³/mol. The lowest BCUT2D eigenvalue weighted by atomic mass is 10.2. The lowest BCUT2D eigenvalue weighted by molar-refractivity contribution is 0.0771. The topological polar surface area (TPSA) is 42.4 Å². The van der Waals surface area contributed by atoms with Crippen molar-refractivity contribution in [3.05, 3.63) is 57.7 Å². The maximum Gasteiger partial charge on any atom is 0.253 e. The second-order valence-corrected chi connectivity index (χ2v) is 6.37. The van der Waals surface area contributed by atoms with Crippen LogP contribution in [0.3, 0.4) is 0 Å². The van der Waals surface area contributed by atoms with Gasteiger partial charge in [0.25, 0.3) is 5.91 Å². The number of rotatable bonds is 3. The zero-order valence-corrected chi connectivity index (χ0v) is 14.0. The molecule has 114 valence electrons. The summed E-state index contributed by atoms with van der Waals surface area (Å²) in [6, 6.07) is 10.7. The molecule has 0 spiro atoms. The standard InChI is InChI=1S/C16H14BrClN2O2/c17-14-2-1-8-19-15(14)22-13-7-9-20(10-13)16(21)11-3-5-12(18)6-4-11/h1-6,8,13H,7,9-10H2. The zero-order chi connectivity index (χ0) is 15.5. The fraction of sp³-hybridized carbons (Fsp3) is 0.250. The van der Waals surface area contributed by atoms with E-state index in [1.54, 1.807) is 35.4 Å². The van der Waals surface area contributed by atoms with Gasteiger partial charge in [0.05, 0.1) is 11.0 Å². The number of benzene rings is 1. The van der Waals surface area contributed by atoms with Crippen LogP contribution in [0.25, 0.3) is 0 Å². The number of pyridine rings is 1. The summed E-state index contributed by atoms with van der Waals surface area (Å²) in [6.07, 6.45) is 2.44. The number of nitrogens with zero attached hydrogens (tertiary/aromatic N) is 2. The molecule has 0 saturated carbocycles. The Hall–Kier alpha value is -1.59. The highest BCUT2D eigenvalue weighted by atomic mass is 79.9. The Morgan fingerprint density at radius 3 is 2.82 bits per heavy atom. The van der Waals surface area contributed by atoms with E-state index in [9.17, 15) is 4.79 Å². The van der Waals surface area contributed by atoms with Gasteiger partial charge in [-0.3, -0.25) is 4.79 Å². The number of carbonyl (C=O) groups excluding carboxylic acids is 1. The molecule has 1 aliphatic heterocycles. The molecule has 2 heterocycles. The molecule has 0 N–H and O–H groups in total. The first kappa shape index (κ1) is 15.3. The van der Waals surface area contributed by atoms with Crippen LogP contribution >= 0.6 is 27.5 Å². The van der Waals surface area contributed by atoms with E-state index in [0.717, 1.165) is 10.9 Å². The monoisotopic (exact) mass is 380 g/mol. The third kappa shape index (κ3) is 3.42. The average Bonchev–Trinajstić information content (AvgIpc) is 2.98. The molecule has 1 unspecified atom stereocenters. The molecule has 22 heavy (non-hydrogen) atoms. The van der Waals surface area contributed by atoms with Gasteiger partial charge in [-0.15, -0.1) is 0 Å². The van der Waals surface area contributed by atoms with Crippen LogP contribution in [0.4, 0.5) is 0 Å². The van der Waals surface area contributed by atoms with Gasteiger partial charge >= 0.3 is 0 Å². The largest absolute Gasteiger partial charge is 0.472 e. The molecule has 1 aliphatic rings. The van der Waals surface area contributed by atoms with Crippen LogP contribution in [-0.2, 0) is 0 Å². The summed E-state index contributed by atoms with van der Waals surface area (Å²) in [6.45, 7) is 1.24. The molecule has 1 amide bonds. The predicted octanol–water partition coefficient (Wildman–Crippen LogP) is 3.79. The van der Waals surface area contributed by atoms with Crippen LogP contribution in [0, 0.1) is 0 Å². The van der Waals surface area contributed by atoms with E-state index in [2.05, 4.69) is 20.9 Å². The number of hydrogen-bond donors (Lipinski definition) is 0. The summed E-state index contributed by atoms with van der Waals surface area (Å²) in [4.78, 5) is 18.4. The molecule has 1 aromatic heterocycles. The van der Waals surface area contributed by atoms with Crippen molar-refractivity contribution in [3.63, 3.8) is 0 Å². The Bertz CT molecular complexity index is 678. The van der Waals surface area contributed by atoms with Crippen LogP contribution < -0.4 is 4.74 Å². The van der Waals surface area contributed by atoms with Crippen molar-refractivity contribution in [2.24, 2.45) is 0 Å². The Kier molecular flexibility index (Phi) is 4.64. The summed E-state index contributed by atoms with van der Waals surface area (Å²) >= 11 is 9.26. The number of amides is 1. The summed E-state index contributed by atoms with van der Waals surface area (Å²) in [7, 11) is 0. The molecule has 6 heteroatoms. The Morgan fingerprint density at radius 1 is 1.32 bits per heavy atom. The van der Waals surface area contributed by atoms with Gasteiger partial charge in [0.2, 0.25) is 5.88 Å². The van der Waals surface area contributed by atoms with Gasteiger partial charge < -0.3 is 9.64 Å². The summed E-state index contributed by atoms with van der Waals surface area (Å²) in [5, 5.41) is 0.624. The summed E-state index contributed by atoms with van der Waals surface area (Å²) < 4.78 is 6.69. The van der Waals surface area contributed by atoms with Crippen molar-refractivity contribution in [1.82, 2.24) is 9.88 Å². The number of carbonyl (C=O) groups is 1. The molecule has 1 fully saturated rings. The lowest BCUT2D eigenvalue weighted by Crippen LogP contribution is -2.31. The summed E-state index contributed by atoms with van der Waals surface area (Å²) in [5.41, 5.74) is 0.643. The minimum absolute atomic E-state index is 0.00264. The third-order valence-corrected chi connectivity index (χ3v) is 4.38. The van der Waals surface area contributed by atoms with Crippen molar-refractivity contribution < 1.29 is 9.53 Å². The number of ether oxygens (including phenoxy) is 1. The van der Waals surface area contributed by atoms with E-state index in [1.165, 1.54) is 0 Å². The molecule has 3 rings (SSSR count). The maximum absolute atomic E-state index is 12.4. The second-order valence-electron chi connectivity index (χ2n) is 5.08. The highest BCUT2D eigenvalue weighted by Gasteiger charge is 2.28. The van der Waals surface area contributed by atoms with E-state index in [4.69, 9.17) is 16.3 Å². The van der Waals surface area contributed by atoms with Crippen LogP contribution in [-0.4, -0.2) is 35.0 Å². The zero-order valence-electron chi connectivity index (χ0n) is 11.7. The number of hydrogen-bond acceptors (Lipinski definition) is 3. The average molecular weight is 382 g/mol. The van der Waals surface area contributed by atoms with E-state index >= 15 is 0 Å². The van der Waals surface area contributed by atoms with Gasteiger partial charge in [0.15, 0.2) is 0 Å². The number of likely N-dealkylation sites (tertiary alicyclic amines) is 1. The van der Waals surface area contributed by atoms with Crippen LogP contribution in [0.2, 0.25) is 5.02 Å². The van der Waals surface area contributed by atoms with Gasteiger partial charge in [-0.25, -0.2) is 4.98 Å².